The molecule has 7 nitrogen and oxygen atoms in total. The number of amides is 1. The monoisotopic (exact) mass is 440 g/mol. The molecule has 1 amide bonds. The van der Waals surface area contributed by atoms with Crippen LogP contribution in [0.2, 0.25) is 0 Å². The van der Waals surface area contributed by atoms with Crippen LogP contribution in [0, 0.1) is 11.7 Å². The Morgan fingerprint density at radius 2 is 1.90 bits per heavy atom. The maximum atomic E-state index is 13.9. The summed E-state index contributed by atoms with van der Waals surface area (Å²) >= 11 is 1.38. The van der Waals surface area contributed by atoms with Crippen molar-refractivity contribution >= 4 is 32.4 Å². The molecular formula is C19H25FN4O3S2. The number of halogens is 1. The second-order valence-corrected chi connectivity index (χ2v) is 9.97. The minimum atomic E-state index is -3.91. The molecule has 158 valence electrons. The highest BCUT2D eigenvalue weighted by atomic mass is 32.2. The quantitative estimate of drug-likeness (QED) is 0.710. The van der Waals surface area contributed by atoms with E-state index in [-0.39, 0.29) is 29.8 Å². The van der Waals surface area contributed by atoms with Crippen LogP contribution in [0.1, 0.15) is 50.5 Å². The summed E-state index contributed by atoms with van der Waals surface area (Å²) in [5, 5.41) is 12.4. The molecule has 1 aromatic carbocycles. The van der Waals surface area contributed by atoms with E-state index in [1.165, 1.54) is 33.8 Å². The zero-order valence-electron chi connectivity index (χ0n) is 16.5. The van der Waals surface area contributed by atoms with E-state index >= 15 is 0 Å². The third-order valence-corrected chi connectivity index (χ3v) is 8.22. The van der Waals surface area contributed by atoms with E-state index in [1.54, 1.807) is 0 Å². The van der Waals surface area contributed by atoms with Crippen LogP contribution in [-0.4, -0.2) is 41.9 Å². The normalized spacial score (nSPS) is 16.3. The van der Waals surface area contributed by atoms with Gasteiger partial charge in [-0.05, 0) is 37.8 Å². The Morgan fingerprint density at radius 1 is 1.24 bits per heavy atom. The van der Waals surface area contributed by atoms with Crippen LogP contribution in [0.25, 0.3) is 0 Å². The number of sulfonamides is 1. The van der Waals surface area contributed by atoms with E-state index < -0.39 is 15.8 Å². The van der Waals surface area contributed by atoms with Gasteiger partial charge in [-0.3, -0.25) is 4.79 Å². The highest BCUT2D eigenvalue weighted by Crippen LogP contribution is 2.30. The number of nitrogens with zero attached hydrogens (tertiary/aromatic N) is 3. The predicted octanol–water partition coefficient (Wildman–Crippen LogP) is 3.62. The lowest BCUT2D eigenvalue weighted by atomic mass is 9.97. The first-order chi connectivity index (χ1) is 13.9. The van der Waals surface area contributed by atoms with Gasteiger partial charge >= 0.3 is 0 Å². The third-order valence-electron chi connectivity index (χ3n) is 5.28. The van der Waals surface area contributed by atoms with Crippen molar-refractivity contribution in [3.63, 3.8) is 0 Å². The van der Waals surface area contributed by atoms with Gasteiger partial charge in [-0.2, -0.15) is 4.31 Å². The molecule has 3 rings (SSSR count). The van der Waals surface area contributed by atoms with Crippen LogP contribution in [-0.2, 0) is 14.8 Å². The fraction of sp³-hybridized carbons (Fsp3) is 0.526. The fourth-order valence-electron chi connectivity index (χ4n) is 3.45. The molecule has 29 heavy (non-hydrogen) atoms. The third kappa shape index (κ3) is 4.81. The topological polar surface area (TPSA) is 92.3 Å². The number of aromatic nitrogens is 2. The number of carbonyl (C=O) groups is 1. The van der Waals surface area contributed by atoms with Gasteiger partial charge in [0.2, 0.25) is 21.1 Å². The Bertz CT molecular complexity index is 952. The summed E-state index contributed by atoms with van der Waals surface area (Å²) in [6, 6.07) is 5.34. The SMILES string of the molecule is CCC(CC)c1nnc(NC(=O)C2CCN(S(=O)(=O)c3ccccc3F)CC2)s1. The molecule has 0 aliphatic carbocycles. The zero-order chi connectivity index (χ0) is 21.0. The molecule has 0 atom stereocenters. The highest BCUT2D eigenvalue weighted by molar-refractivity contribution is 7.89. The van der Waals surface area contributed by atoms with Crippen LogP contribution in [0.15, 0.2) is 29.2 Å². The second-order valence-electron chi connectivity index (χ2n) is 7.06. The van der Waals surface area contributed by atoms with Crippen molar-refractivity contribution in [3.05, 3.63) is 35.1 Å². The number of anilines is 1. The lowest BCUT2D eigenvalue weighted by Gasteiger charge is -2.30. The minimum Gasteiger partial charge on any atom is -0.300 e. The van der Waals surface area contributed by atoms with E-state index in [0.717, 1.165) is 23.9 Å². The van der Waals surface area contributed by atoms with Gasteiger partial charge in [0.1, 0.15) is 15.7 Å². The average molecular weight is 441 g/mol. The summed E-state index contributed by atoms with van der Waals surface area (Å²) in [6.07, 6.45) is 2.68. The maximum absolute atomic E-state index is 13.9. The van der Waals surface area contributed by atoms with Crippen molar-refractivity contribution < 1.29 is 17.6 Å². The van der Waals surface area contributed by atoms with Gasteiger partial charge in [-0.25, -0.2) is 12.8 Å². The Labute approximate surface area is 174 Å². The summed E-state index contributed by atoms with van der Waals surface area (Å²) in [7, 11) is -3.91. The Morgan fingerprint density at radius 3 is 2.52 bits per heavy atom. The van der Waals surface area contributed by atoms with E-state index in [1.807, 2.05) is 0 Å². The number of nitrogens with one attached hydrogen (secondary N) is 1. The predicted molar refractivity (Wildman–Crippen MR) is 110 cm³/mol. The van der Waals surface area contributed by atoms with Crippen molar-refractivity contribution in [2.24, 2.45) is 5.92 Å². The van der Waals surface area contributed by atoms with Crippen LogP contribution in [0.5, 0.6) is 0 Å². The number of carbonyl (C=O) groups excluding carboxylic acids is 1. The Hall–Kier alpha value is -1.91. The molecule has 0 unspecified atom stereocenters. The molecule has 1 N–H and O–H groups in total. The van der Waals surface area contributed by atoms with Gasteiger partial charge in [-0.1, -0.05) is 37.3 Å². The van der Waals surface area contributed by atoms with Gasteiger partial charge in [0, 0.05) is 24.9 Å². The Balaban J connectivity index is 1.59. The summed E-state index contributed by atoms with van der Waals surface area (Å²) in [5.41, 5.74) is 0. The second kappa shape index (κ2) is 9.27. The molecule has 1 fully saturated rings. The van der Waals surface area contributed by atoms with Gasteiger partial charge in [0.15, 0.2) is 0 Å². The molecule has 1 aromatic heterocycles. The largest absolute Gasteiger partial charge is 0.300 e. The van der Waals surface area contributed by atoms with Gasteiger partial charge < -0.3 is 5.32 Å². The van der Waals surface area contributed by atoms with Crippen LogP contribution in [0.3, 0.4) is 0 Å². The first-order valence-corrected chi connectivity index (χ1v) is 12.0. The smallest absolute Gasteiger partial charge is 0.245 e. The van der Waals surface area contributed by atoms with E-state index in [4.69, 9.17) is 0 Å². The van der Waals surface area contributed by atoms with Crippen molar-refractivity contribution in [1.29, 1.82) is 0 Å². The molecule has 1 aliphatic rings. The standard InChI is InChI=1S/C19H25FN4O3S2/c1-3-13(4-2)18-22-23-19(28-18)21-17(25)14-9-11-24(12-10-14)29(26,27)16-8-6-5-7-15(16)20/h5-8,13-14H,3-4,9-12H2,1-2H3,(H,21,23,25). The molecule has 0 spiro atoms. The lowest BCUT2D eigenvalue weighted by Crippen LogP contribution is -2.41. The van der Waals surface area contributed by atoms with Crippen molar-refractivity contribution in [1.82, 2.24) is 14.5 Å². The van der Waals surface area contributed by atoms with Crippen molar-refractivity contribution in [2.45, 2.75) is 50.3 Å². The van der Waals surface area contributed by atoms with Crippen molar-refractivity contribution in [3.8, 4) is 0 Å². The molecule has 0 radical (unpaired) electrons. The molecular weight excluding hydrogens is 415 g/mol. The van der Waals surface area contributed by atoms with Crippen LogP contribution < -0.4 is 5.32 Å². The van der Waals surface area contributed by atoms with Crippen LogP contribution in [0.4, 0.5) is 9.52 Å². The van der Waals surface area contributed by atoms with E-state index in [9.17, 15) is 17.6 Å². The number of benzene rings is 1. The van der Waals surface area contributed by atoms with E-state index in [2.05, 4.69) is 29.4 Å². The number of rotatable bonds is 7. The molecule has 2 aromatic rings. The molecule has 1 aliphatic heterocycles. The summed E-state index contributed by atoms with van der Waals surface area (Å²) in [6.45, 7) is 4.53. The van der Waals surface area contributed by atoms with Crippen LogP contribution >= 0.6 is 11.3 Å². The van der Waals surface area contributed by atoms with Gasteiger partial charge in [0.25, 0.3) is 0 Å². The number of piperidine rings is 1. The number of hydrogen-bond donors (Lipinski definition) is 1. The molecule has 0 bridgehead atoms. The fourth-order valence-corrected chi connectivity index (χ4v) is 5.99. The minimum absolute atomic E-state index is 0.171. The van der Waals surface area contributed by atoms with E-state index in [0.29, 0.717) is 23.9 Å². The average Bonchev–Trinajstić information content (AvgIpc) is 3.17. The molecule has 0 saturated carbocycles. The summed E-state index contributed by atoms with van der Waals surface area (Å²) in [4.78, 5) is 12.2. The van der Waals surface area contributed by atoms with Gasteiger partial charge in [0.05, 0.1) is 0 Å². The first-order valence-electron chi connectivity index (χ1n) is 9.75. The first kappa shape index (κ1) is 21.8. The molecule has 2 heterocycles. The Kier molecular flexibility index (Phi) is 6.97. The molecule has 1 saturated heterocycles. The lowest BCUT2D eigenvalue weighted by molar-refractivity contribution is -0.120. The van der Waals surface area contributed by atoms with Gasteiger partial charge in [-0.15, -0.1) is 10.2 Å². The maximum Gasteiger partial charge on any atom is 0.245 e. The van der Waals surface area contributed by atoms with Crippen molar-refractivity contribution in [2.75, 3.05) is 18.4 Å². The molecule has 10 heteroatoms. The summed E-state index contributed by atoms with van der Waals surface area (Å²) in [5.74, 6) is -0.926. The number of hydrogen-bond acceptors (Lipinski definition) is 6. The zero-order valence-corrected chi connectivity index (χ0v) is 18.1. The highest BCUT2D eigenvalue weighted by Gasteiger charge is 2.33. The summed E-state index contributed by atoms with van der Waals surface area (Å²) < 4.78 is 40.5.